The Hall–Kier alpha value is -2.48. The van der Waals surface area contributed by atoms with Gasteiger partial charge in [-0.1, -0.05) is 30.0 Å². The minimum absolute atomic E-state index is 0.0175. The molecule has 1 atom stereocenters. The van der Waals surface area contributed by atoms with Crippen LogP contribution in [-0.4, -0.2) is 41.0 Å². The first-order valence-corrected chi connectivity index (χ1v) is 8.73. The van der Waals surface area contributed by atoms with Crippen LogP contribution in [0.5, 0.6) is 0 Å². The van der Waals surface area contributed by atoms with E-state index in [1.807, 2.05) is 25.1 Å². The molecule has 0 saturated heterocycles. The molecule has 1 N–H and O–H groups in total. The molecule has 2 rings (SSSR count). The maximum atomic E-state index is 12.2. The molecule has 1 unspecified atom stereocenters. The highest BCUT2D eigenvalue weighted by Crippen LogP contribution is 2.22. The summed E-state index contributed by atoms with van der Waals surface area (Å²) in [6, 6.07) is 6.73. The number of nitrogens with one attached hydrogen (secondary N) is 1. The molecule has 1 aliphatic heterocycles. The standard InChI is InChI=1S/C17H19N3O4S/c1-4-24-16(22)14-11(3)18-17(23)20-15(14)25-9-13(21)19-12-8-6-5-7-10(12)2/h5-8,14H,4,9H2,1-3H3,(H,19,21). The summed E-state index contributed by atoms with van der Waals surface area (Å²) in [4.78, 5) is 43.3. The van der Waals surface area contributed by atoms with Crippen molar-refractivity contribution in [2.45, 2.75) is 20.8 Å². The Morgan fingerprint density at radius 2 is 1.96 bits per heavy atom. The highest BCUT2D eigenvalue weighted by atomic mass is 32.2. The molecule has 3 amide bonds. The molecule has 0 spiro atoms. The van der Waals surface area contributed by atoms with Crippen LogP contribution in [0, 0.1) is 12.8 Å². The largest absolute Gasteiger partial charge is 0.465 e. The first-order chi connectivity index (χ1) is 11.9. The number of hydrogen-bond acceptors (Lipinski definition) is 5. The van der Waals surface area contributed by atoms with Gasteiger partial charge in [0.05, 0.1) is 17.4 Å². The third kappa shape index (κ3) is 4.99. The van der Waals surface area contributed by atoms with Crippen LogP contribution in [0.2, 0.25) is 0 Å². The van der Waals surface area contributed by atoms with Crippen molar-refractivity contribution in [3.8, 4) is 0 Å². The van der Waals surface area contributed by atoms with Gasteiger partial charge in [-0.2, -0.15) is 9.98 Å². The smallest absolute Gasteiger partial charge is 0.367 e. The minimum Gasteiger partial charge on any atom is -0.465 e. The van der Waals surface area contributed by atoms with Gasteiger partial charge in [0, 0.05) is 11.4 Å². The number of carbonyl (C=O) groups is 3. The number of benzene rings is 1. The Morgan fingerprint density at radius 3 is 2.64 bits per heavy atom. The number of ether oxygens (including phenoxy) is 1. The van der Waals surface area contributed by atoms with E-state index in [4.69, 9.17) is 4.74 Å². The molecule has 1 aromatic carbocycles. The lowest BCUT2D eigenvalue weighted by molar-refractivity contribution is -0.143. The van der Waals surface area contributed by atoms with Gasteiger partial charge in [-0.25, -0.2) is 4.79 Å². The fourth-order valence-corrected chi connectivity index (χ4v) is 3.16. The average Bonchev–Trinajstić information content (AvgIpc) is 2.54. The van der Waals surface area contributed by atoms with Gasteiger partial charge in [0.15, 0.2) is 0 Å². The summed E-state index contributed by atoms with van der Waals surface area (Å²) >= 11 is 1.04. The van der Waals surface area contributed by atoms with Gasteiger partial charge in [0.1, 0.15) is 5.92 Å². The Balaban J connectivity index is 2.04. The molecule has 0 radical (unpaired) electrons. The van der Waals surface area contributed by atoms with Gasteiger partial charge in [0.2, 0.25) is 5.91 Å². The molecule has 0 aliphatic carbocycles. The monoisotopic (exact) mass is 361 g/mol. The van der Waals surface area contributed by atoms with Crippen LogP contribution >= 0.6 is 11.8 Å². The van der Waals surface area contributed by atoms with Crippen LogP contribution in [0.3, 0.4) is 0 Å². The topological polar surface area (TPSA) is 97.2 Å². The maximum absolute atomic E-state index is 12.2. The molecule has 7 nitrogen and oxygen atoms in total. The summed E-state index contributed by atoms with van der Waals surface area (Å²) in [6.07, 6.45) is 0. The zero-order valence-electron chi connectivity index (χ0n) is 14.2. The molecule has 0 fully saturated rings. The predicted molar refractivity (Wildman–Crippen MR) is 98.3 cm³/mol. The van der Waals surface area contributed by atoms with Gasteiger partial charge in [0.25, 0.3) is 0 Å². The molecule has 132 valence electrons. The molecule has 0 aromatic heterocycles. The molecule has 0 saturated carbocycles. The Morgan fingerprint density at radius 1 is 1.24 bits per heavy atom. The third-order valence-electron chi connectivity index (χ3n) is 3.44. The van der Waals surface area contributed by atoms with Gasteiger partial charge in [-0.15, -0.1) is 0 Å². The van der Waals surface area contributed by atoms with Crippen molar-refractivity contribution in [2.24, 2.45) is 15.9 Å². The van der Waals surface area contributed by atoms with Crippen molar-refractivity contribution in [1.82, 2.24) is 0 Å². The van der Waals surface area contributed by atoms with Gasteiger partial charge >= 0.3 is 12.0 Å². The summed E-state index contributed by atoms with van der Waals surface area (Å²) < 4.78 is 5.01. The van der Waals surface area contributed by atoms with E-state index in [1.54, 1.807) is 19.9 Å². The van der Waals surface area contributed by atoms with Crippen molar-refractivity contribution in [3.05, 3.63) is 29.8 Å². The van der Waals surface area contributed by atoms with Crippen LogP contribution in [-0.2, 0) is 14.3 Å². The Bertz CT molecular complexity index is 758. The molecule has 0 bridgehead atoms. The van der Waals surface area contributed by atoms with Crippen LogP contribution in [0.15, 0.2) is 34.3 Å². The van der Waals surface area contributed by atoms with Crippen LogP contribution in [0.25, 0.3) is 0 Å². The van der Waals surface area contributed by atoms with Crippen LogP contribution in [0.1, 0.15) is 19.4 Å². The van der Waals surface area contributed by atoms with Gasteiger partial charge < -0.3 is 10.1 Å². The maximum Gasteiger partial charge on any atom is 0.367 e. The number of urea groups is 1. The lowest BCUT2D eigenvalue weighted by Gasteiger charge is -2.19. The highest BCUT2D eigenvalue weighted by Gasteiger charge is 2.33. The fraction of sp³-hybridized carbons (Fsp3) is 0.353. The number of amides is 3. The molecule has 1 heterocycles. The number of thioether (sulfide) groups is 1. The number of esters is 1. The van der Waals surface area contributed by atoms with Gasteiger partial charge in [-0.05, 0) is 32.4 Å². The van der Waals surface area contributed by atoms with Crippen molar-refractivity contribution in [3.63, 3.8) is 0 Å². The highest BCUT2D eigenvalue weighted by molar-refractivity contribution is 8.14. The summed E-state index contributed by atoms with van der Waals surface area (Å²) in [6.45, 7) is 5.37. The SMILES string of the molecule is CCOC(=O)C1C(C)=NC(=O)N=C1SCC(=O)Nc1ccccc1C. The number of para-hydroxylation sites is 1. The molecular formula is C17H19N3O4S. The van der Waals surface area contributed by atoms with Gasteiger partial charge in [-0.3, -0.25) is 9.59 Å². The van der Waals surface area contributed by atoms with E-state index >= 15 is 0 Å². The fourth-order valence-electron chi connectivity index (χ4n) is 2.23. The molecule has 1 aromatic rings. The Labute approximate surface area is 150 Å². The second-order valence-corrected chi connectivity index (χ2v) is 6.32. The molecule has 1 aliphatic rings. The van der Waals surface area contributed by atoms with Crippen molar-refractivity contribution in [2.75, 3.05) is 17.7 Å². The Kier molecular flexibility index (Phi) is 6.46. The number of nitrogens with zero attached hydrogens (tertiary/aromatic N) is 2. The quantitative estimate of drug-likeness (QED) is 0.813. The summed E-state index contributed by atoms with van der Waals surface area (Å²) in [5.41, 5.74) is 1.98. The van der Waals surface area contributed by atoms with E-state index in [9.17, 15) is 14.4 Å². The lowest BCUT2D eigenvalue weighted by Crippen LogP contribution is -2.34. The zero-order valence-corrected chi connectivity index (χ0v) is 15.1. The predicted octanol–water partition coefficient (Wildman–Crippen LogP) is 2.84. The molecular weight excluding hydrogens is 342 g/mol. The van der Waals surface area contributed by atoms with Crippen molar-refractivity contribution in [1.29, 1.82) is 0 Å². The second kappa shape index (κ2) is 8.57. The first kappa shape index (κ1) is 18.9. The van der Waals surface area contributed by atoms with Crippen molar-refractivity contribution >= 4 is 46.1 Å². The first-order valence-electron chi connectivity index (χ1n) is 7.75. The number of hydrogen-bond donors (Lipinski definition) is 1. The number of aliphatic imine (C=N–C) groups is 2. The minimum atomic E-state index is -0.839. The van der Waals surface area contributed by atoms with E-state index in [0.29, 0.717) is 5.71 Å². The van der Waals surface area contributed by atoms with E-state index in [0.717, 1.165) is 23.0 Å². The lowest BCUT2D eigenvalue weighted by atomic mass is 10.1. The third-order valence-corrected chi connectivity index (χ3v) is 4.46. The summed E-state index contributed by atoms with van der Waals surface area (Å²) in [5, 5.41) is 3.03. The summed E-state index contributed by atoms with van der Waals surface area (Å²) in [5.74, 6) is -1.60. The number of aryl methyl sites for hydroxylation is 1. The van der Waals surface area contributed by atoms with Crippen LogP contribution < -0.4 is 5.32 Å². The second-order valence-electron chi connectivity index (χ2n) is 5.32. The number of anilines is 1. The molecule has 25 heavy (non-hydrogen) atoms. The summed E-state index contributed by atoms with van der Waals surface area (Å²) in [7, 11) is 0. The van der Waals surface area contributed by atoms with E-state index in [-0.39, 0.29) is 23.3 Å². The van der Waals surface area contributed by atoms with Crippen molar-refractivity contribution < 1.29 is 19.1 Å². The van der Waals surface area contributed by atoms with E-state index in [1.165, 1.54) is 0 Å². The van der Waals surface area contributed by atoms with E-state index < -0.39 is 17.9 Å². The number of carbonyl (C=O) groups excluding carboxylic acids is 3. The normalized spacial score (nSPS) is 16.8. The van der Waals surface area contributed by atoms with E-state index in [2.05, 4.69) is 15.3 Å². The zero-order chi connectivity index (χ0) is 18.4. The average molecular weight is 361 g/mol. The molecule has 8 heteroatoms. The number of rotatable bonds is 5. The van der Waals surface area contributed by atoms with Crippen LogP contribution in [0.4, 0.5) is 10.5 Å².